The molecule has 1 amide bonds. The van der Waals surface area contributed by atoms with E-state index in [1.165, 1.54) is 11.3 Å². The van der Waals surface area contributed by atoms with Gasteiger partial charge in [-0.3, -0.25) is 14.4 Å². The molecule has 0 radical (unpaired) electrons. The van der Waals surface area contributed by atoms with Gasteiger partial charge in [-0.2, -0.15) is 0 Å². The number of amides is 1. The average Bonchev–Trinajstić information content (AvgIpc) is 3.00. The summed E-state index contributed by atoms with van der Waals surface area (Å²) in [6.07, 6.45) is 1.08. The molecule has 1 aromatic heterocycles. The maximum Gasteiger partial charge on any atom is 0.249 e. The van der Waals surface area contributed by atoms with Crippen molar-refractivity contribution in [3.63, 3.8) is 0 Å². The van der Waals surface area contributed by atoms with Crippen LogP contribution < -0.4 is 9.62 Å². The van der Waals surface area contributed by atoms with Crippen LogP contribution >= 0.6 is 23.1 Å². The highest BCUT2D eigenvalue weighted by Gasteiger charge is 2.29. The SMILES string of the molecule is CC(C)CSc1nnc(NC(=O)[C@@H](C)N(c2ccccc2)S(C)(=O)=O)s1. The monoisotopic (exact) mass is 414 g/mol. The first-order valence-electron chi connectivity index (χ1n) is 8.00. The second-order valence-electron chi connectivity index (χ2n) is 6.14. The molecule has 0 unspecified atom stereocenters. The Labute approximate surface area is 162 Å². The van der Waals surface area contributed by atoms with E-state index in [1.807, 2.05) is 0 Å². The minimum atomic E-state index is -3.63. The van der Waals surface area contributed by atoms with Gasteiger partial charge in [0, 0.05) is 5.75 Å². The molecule has 0 bridgehead atoms. The fourth-order valence-electron chi connectivity index (χ4n) is 2.15. The van der Waals surface area contributed by atoms with Gasteiger partial charge in [-0.1, -0.05) is 55.1 Å². The Bertz CT molecular complexity index is 837. The molecule has 0 aliphatic carbocycles. The summed E-state index contributed by atoms with van der Waals surface area (Å²) in [7, 11) is -3.63. The molecule has 1 N–H and O–H groups in total. The van der Waals surface area contributed by atoms with Crippen LogP contribution in [0, 0.1) is 5.92 Å². The fraction of sp³-hybridized carbons (Fsp3) is 0.438. The van der Waals surface area contributed by atoms with Crippen molar-refractivity contribution in [2.75, 3.05) is 21.6 Å². The van der Waals surface area contributed by atoms with Crippen molar-refractivity contribution < 1.29 is 13.2 Å². The number of carbonyl (C=O) groups excluding carboxylic acids is 1. The molecule has 0 spiro atoms. The highest BCUT2D eigenvalue weighted by Crippen LogP contribution is 2.27. The number of sulfonamides is 1. The number of hydrogen-bond donors (Lipinski definition) is 1. The van der Waals surface area contributed by atoms with Crippen LogP contribution in [0.25, 0.3) is 0 Å². The first-order valence-corrected chi connectivity index (χ1v) is 11.6. The second-order valence-corrected chi connectivity index (χ2v) is 10.2. The van der Waals surface area contributed by atoms with Crippen molar-refractivity contribution in [1.82, 2.24) is 10.2 Å². The normalized spacial score (nSPS) is 12.8. The average molecular weight is 415 g/mol. The van der Waals surface area contributed by atoms with Crippen LogP contribution in [0.3, 0.4) is 0 Å². The molecule has 1 heterocycles. The summed E-state index contributed by atoms with van der Waals surface area (Å²) < 4.78 is 26.3. The predicted molar refractivity (Wildman–Crippen MR) is 107 cm³/mol. The first kappa shape index (κ1) is 20.7. The van der Waals surface area contributed by atoms with E-state index >= 15 is 0 Å². The van der Waals surface area contributed by atoms with E-state index in [0.717, 1.165) is 20.7 Å². The number of anilines is 2. The number of thioether (sulfide) groups is 1. The molecule has 1 aromatic carbocycles. The number of benzene rings is 1. The van der Waals surface area contributed by atoms with E-state index in [1.54, 1.807) is 49.0 Å². The van der Waals surface area contributed by atoms with Crippen molar-refractivity contribution >= 4 is 49.8 Å². The summed E-state index contributed by atoms with van der Waals surface area (Å²) in [4.78, 5) is 12.6. The zero-order valence-corrected chi connectivity index (χ0v) is 17.5. The van der Waals surface area contributed by atoms with Gasteiger partial charge in [-0.15, -0.1) is 10.2 Å². The van der Waals surface area contributed by atoms with Crippen LogP contribution in [0.15, 0.2) is 34.7 Å². The van der Waals surface area contributed by atoms with Crippen molar-refractivity contribution in [3.8, 4) is 0 Å². The Morgan fingerprint density at radius 2 is 1.88 bits per heavy atom. The van der Waals surface area contributed by atoms with Crippen molar-refractivity contribution in [1.29, 1.82) is 0 Å². The third-order valence-electron chi connectivity index (χ3n) is 3.28. The van der Waals surface area contributed by atoms with Gasteiger partial charge < -0.3 is 0 Å². The number of rotatable bonds is 8. The number of nitrogens with one attached hydrogen (secondary N) is 1. The molecule has 142 valence electrons. The van der Waals surface area contributed by atoms with E-state index in [0.29, 0.717) is 16.7 Å². The lowest BCUT2D eigenvalue weighted by atomic mass is 10.2. The highest BCUT2D eigenvalue weighted by atomic mass is 32.2. The molecule has 1 atom stereocenters. The Morgan fingerprint density at radius 3 is 2.46 bits per heavy atom. The van der Waals surface area contributed by atoms with Crippen LogP contribution in [0.5, 0.6) is 0 Å². The minimum Gasteiger partial charge on any atom is -0.299 e. The maximum atomic E-state index is 12.6. The van der Waals surface area contributed by atoms with Crippen LogP contribution in [-0.4, -0.2) is 42.6 Å². The molecule has 0 saturated carbocycles. The lowest BCUT2D eigenvalue weighted by molar-refractivity contribution is -0.116. The zero-order valence-electron chi connectivity index (χ0n) is 15.0. The molecular formula is C16H22N4O3S3. The maximum absolute atomic E-state index is 12.6. The Hall–Kier alpha value is -1.65. The smallest absolute Gasteiger partial charge is 0.249 e. The van der Waals surface area contributed by atoms with E-state index in [4.69, 9.17) is 0 Å². The van der Waals surface area contributed by atoms with Gasteiger partial charge in [0.15, 0.2) is 4.34 Å². The standard InChI is InChI=1S/C16H22N4O3S3/c1-11(2)10-24-16-19-18-15(25-16)17-14(21)12(3)20(26(4,22)23)13-8-6-5-7-9-13/h5-9,11-12H,10H2,1-4H3,(H,17,18,21)/t12-/m1/s1. The summed E-state index contributed by atoms with van der Waals surface area (Å²) in [5.74, 6) is 0.974. The summed E-state index contributed by atoms with van der Waals surface area (Å²) >= 11 is 2.86. The number of aromatic nitrogens is 2. The van der Waals surface area contributed by atoms with Gasteiger partial charge in [0.05, 0.1) is 11.9 Å². The first-order chi connectivity index (χ1) is 12.2. The van der Waals surface area contributed by atoms with Gasteiger partial charge in [-0.05, 0) is 25.0 Å². The molecule has 10 heteroatoms. The molecule has 0 saturated heterocycles. The molecule has 0 aliphatic rings. The summed E-state index contributed by atoms with van der Waals surface area (Å²) in [6, 6.07) is 7.60. The second kappa shape index (κ2) is 8.83. The number of nitrogens with zero attached hydrogens (tertiary/aromatic N) is 3. The van der Waals surface area contributed by atoms with Crippen molar-refractivity contribution in [3.05, 3.63) is 30.3 Å². The number of para-hydroxylation sites is 1. The number of hydrogen-bond acceptors (Lipinski definition) is 7. The molecule has 2 rings (SSSR count). The zero-order chi connectivity index (χ0) is 19.3. The molecule has 7 nitrogen and oxygen atoms in total. The third kappa shape index (κ3) is 5.68. The van der Waals surface area contributed by atoms with Crippen LogP contribution in [0.1, 0.15) is 20.8 Å². The Morgan fingerprint density at radius 1 is 1.23 bits per heavy atom. The van der Waals surface area contributed by atoms with Crippen LogP contribution in [0.4, 0.5) is 10.8 Å². The quantitative estimate of drug-likeness (QED) is 0.527. The van der Waals surface area contributed by atoms with E-state index in [-0.39, 0.29) is 0 Å². The predicted octanol–water partition coefficient (Wildman–Crippen LogP) is 3.08. The molecular weight excluding hydrogens is 392 g/mol. The van der Waals surface area contributed by atoms with Crippen LogP contribution in [0.2, 0.25) is 0 Å². The summed E-state index contributed by atoms with van der Waals surface area (Å²) in [5.41, 5.74) is 0.433. The summed E-state index contributed by atoms with van der Waals surface area (Å²) in [5, 5.41) is 11.0. The largest absolute Gasteiger partial charge is 0.299 e. The van der Waals surface area contributed by atoms with Crippen molar-refractivity contribution in [2.24, 2.45) is 5.92 Å². The van der Waals surface area contributed by atoms with E-state index in [2.05, 4.69) is 29.4 Å². The number of carbonyl (C=O) groups is 1. The topological polar surface area (TPSA) is 92.3 Å². The van der Waals surface area contributed by atoms with Gasteiger partial charge in [0.2, 0.25) is 21.1 Å². The lowest BCUT2D eigenvalue weighted by Gasteiger charge is -2.27. The molecule has 2 aromatic rings. The van der Waals surface area contributed by atoms with Gasteiger partial charge in [0.25, 0.3) is 0 Å². The fourth-order valence-corrected chi connectivity index (χ4v) is 5.06. The van der Waals surface area contributed by atoms with Crippen molar-refractivity contribution in [2.45, 2.75) is 31.2 Å². The van der Waals surface area contributed by atoms with E-state index in [9.17, 15) is 13.2 Å². The molecule has 0 fully saturated rings. The Balaban J connectivity index is 2.12. The third-order valence-corrected chi connectivity index (χ3v) is 6.92. The van der Waals surface area contributed by atoms with Gasteiger partial charge in [0.1, 0.15) is 6.04 Å². The van der Waals surface area contributed by atoms with Gasteiger partial charge >= 0.3 is 0 Å². The minimum absolute atomic E-state index is 0.356. The molecule has 0 aliphatic heterocycles. The molecule has 26 heavy (non-hydrogen) atoms. The summed E-state index contributed by atoms with van der Waals surface area (Å²) in [6.45, 7) is 5.77. The highest BCUT2D eigenvalue weighted by molar-refractivity contribution is 8.01. The Kier molecular flexibility index (Phi) is 7.01. The van der Waals surface area contributed by atoms with Crippen LogP contribution in [-0.2, 0) is 14.8 Å². The lowest BCUT2D eigenvalue weighted by Crippen LogP contribution is -2.45. The van der Waals surface area contributed by atoms with E-state index < -0.39 is 22.0 Å². The van der Waals surface area contributed by atoms with Gasteiger partial charge in [-0.25, -0.2) is 8.42 Å².